The van der Waals surface area contributed by atoms with Crippen LogP contribution in [0.1, 0.15) is 37.3 Å². The van der Waals surface area contributed by atoms with Crippen LogP contribution in [-0.4, -0.2) is 34.0 Å². The summed E-state index contributed by atoms with van der Waals surface area (Å²) in [7, 11) is 0. The number of carboxylic acids is 1. The molecule has 1 atom stereocenters. The molecule has 21 heavy (non-hydrogen) atoms. The van der Waals surface area contributed by atoms with E-state index in [4.69, 9.17) is 5.73 Å². The van der Waals surface area contributed by atoms with E-state index in [9.17, 15) is 14.7 Å². The van der Waals surface area contributed by atoms with Crippen molar-refractivity contribution in [2.24, 2.45) is 5.73 Å². The van der Waals surface area contributed by atoms with E-state index in [2.05, 4.69) is 0 Å². The Kier molecular flexibility index (Phi) is 4.63. The lowest BCUT2D eigenvalue weighted by atomic mass is 9.92. The van der Waals surface area contributed by atoms with Crippen LogP contribution in [0.15, 0.2) is 24.3 Å². The molecule has 1 aromatic carbocycles. The summed E-state index contributed by atoms with van der Waals surface area (Å²) in [6, 6.07) is 7.54. The second-order valence-corrected chi connectivity index (χ2v) is 5.49. The molecule has 1 aromatic rings. The number of hydrogen-bond acceptors (Lipinski definition) is 3. The maximum atomic E-state index is 12.6. The average Bonchev–Trinajstić information content (AvgIpc) is 2.93. The number of aliphatic carboxylic acids is 1. The van der Waals surface area contributed by atoms with Crippen LogP contribution in [-0.2, 0) is 22.6 Å². The van der Waals surface area contributed by atoms with E-state index < -0.39 is 11.5 Å². The fraction of sp³-hybridized carbons (Fsp3) is 0.500. The molecule has 3 N–H and O–H groups in total. The van der Waals surface area contributed by atoms with Crippen molar-refractivity contribution in [2.75, 3.05) is 6.54 Å². The van der Waals surface area contributed by atoms with Crippen LogP contribution in [0.4, 0.5) is 0 Å². The highest BCUT2D eigenvalue weighted by Gasteiger charge is 2.48. The molecule has 1 aliphatic rings. The van der Waals surface area contributed by atoms with Gasteiger partial charge in [-0.25, -0.2) is 4.79 Å². The van der Waals surface area contributed by atoms with E-state index in [-0.39, 0.29) is 12.3 Å². The first-order valence-electron chi connectivity index (χ1n) is 7.36. The van der Waals surface area contributed by atoms with E-state index in [1.54, 1.807) is 4.90 Å². The lowest BCUT2D eigenvalue weighted by molar-refractivity contribution is -0.156. The number of likely N-dealkylation sites (tertiary alicyclic amines) is 1. The van der Waals surface area contributed by atoms with Gasteiger partial charge >= 0.3 is 5.97 Å². The minimum atomic E-state index is -1.03. The molecule has 1 heterocycles. The molecule has 0 aliphatic carbocycles. The summed E-state index contributed by atoms with van der Waals surface area (Å²) < 4.78 is 0. The fourth-order valence-electron chi connectivity index (χ4n) is 3.17. The molecule has 1 fully saturated rings. The Morgan fingerprint density at radius 3 is 2.57 bits per heavy atom. The van der Waals surface area contributed by atoms with Gasteiger partial charge in [-0.1, -0.05) is 31.2 Å². The first kappa shape index (κ1) is 15.5. The molecule has 5 nitrogen and oxygen atoms in total. The molecular formula is C16H22N2O3. The molecule has 1 saturated heterocycles. The van der Waals surface area contributed by atoms with Crippen molar-refractivity contribution < 1.29 is 14.7 Å². The smallest absolute Gasteiger partial charge is 0.329 e. The van der Waals surface area contributed by atoms with Crippen molar-refractivity contribution >= 4 is 11.9 Å². The van der Waals surface area contributed by atoms with E-state index >= 15 is 0 Å². The predicted octanol–water partition coefficient (Wildman–Crippen LogP) is 1.54. The monoisotopic (exact) mass is 290 g/mol. The van der Waals surface area contributed by atoms with E-state index in [1.165, 1.54) is 0 Å². The normalized spacial score (nSPS) is 21.5. The van der Waals surface area contributed by atoms with E-state index in [0.29, 0.717) is 25.9 Å². The summed E-state index contributed by atoms with van der Waals surface area (Å²) >= 11 is 0. The lowest BCUT2D eigenvalue weighted by Gasteiger charge is -2.34. The van der Waals surface area contributed by atoms with E-state index in [1.807, 2.05) is 31.2 Å². The number of nitrogens with zero attached hydrogens (tertiary/aromatic N) is 1. The topological polar surface area (TPSA) is 83.6 Å². The van der Waals surface area contributed by atoms with Crippen molar-refractivity contribution in [3.63, 3.8) is 0 Å². The number of carbonyl (C=O) groups is 2. The number of benzene rings is 1. The maximum absolute atomic E-state index is 12.6. The molecule has 1 amide bonds. The van der Waals surface area contributed by atoms with Crippen LogP contribution in [0.5, 0.6) is 0 Å². The van der Waals surface area contributed by atoms with Crippen molar-refractivity contribution in [3.05, 3.63) is 35.4 Å². The summed E-state index contributed by atoms with van der Waals surface area (Å²) in [6.45, 7) is 2.72. The second-order valence-electron chi connectivity index (χ2n) is 5.49. The summed E-state index contributed by atoms with van der Waals surface area (Å²) in [5.41, 5.74) is 6.47. The number of amides is 1. The zero-order valence-corrected chi connectivity index (χ0v) is 12.3. The minimum Gasteiger partial charge on any atom is -0.479 e. The standard InChI is InChI=1S/C16H22N2O3/c1-2-16(15(20)21)8-5-9-18(16)14(19)10-12-6-3-4-7-13(12)11-17/h3-4,6-7H,2,5,8-11,17H2,1H3,(H,20,21). The SMILES string of the molecule is CCC1(C(=O)O)CCCN1C(=O)Cc1ccccc1CN. The van der Waals surface area contributed by atoms with Gasteiger partial charge in [-0.3, -0.25) is 4.79 Å². The predicted molar refractivity (Wildman–Crippen MR) is 79.6 cm³/mol. The Labute approximate surface area is 124 Å². The van der Waals surface area contributed by atoms with Crippen molar-refractivity contribution in [1.82, 2.24) is 4.90 Å². The summed E-state index contributed by atoms with van der Waals surface area (Å²) in [6.07, 6.45) is 1.92. The Morgan fingerprint density at radius 2 is 2.00 bits per heavy atom. The zero-order valence-electron chi connectivity index (χ0n) is 12.3. The number of nitrogens with two attached hydrogens (primary N) is 1. The zero-order chi connectivity index (χ0) is 15.5. The van der Waals surface area contributed by atoms with Crippen LogP contribution >= 0.6 is 0 Å². The van der Waals surface area contributed by atoms with Crippen LogP contribution in [0, 0.1) is 0 Å². The molecule has 0 spiro atoms. The third-order valence-corrected chi connectivity index (χ3v) is 4.45. The maximum Gasteiger partial charge on any atom is 0.329 e. The van der Waals surface area contributed by atoms with Crippen molar-refractivity contribution in [3.8, 4) is 0 Å². The third-order valence-electron chi connectivity index (χ3n) is 4.45. The van der Waals surface area contributed by atoms with E-state index in [0.717, 1.165) is 17.5 Å². The molecule has 0 saturated carbocycles. The van der Waals surface area contributed by atoms with Gasteiger partial charge in [0.05, 0.1) is 6.42 Å². The van der Waals surface area contributed by atoms with Crippen LogP contribution in [0.25, 0.3) is 0 Å². The fourth-order valence-corrected chi connectivity index (χ4v) is 3.17. The lowest BCUT2D eigenvalue weighted by Crippen LogP contribution is -2.53. The Hall–Kier alpha value is -1.88. The molecule has 0 aromatic heterocycles. The van der Waals surface area contributed by atoms with Gasteiger partial charge in [-0.2, -0.15) is 0 Å². The third kappa shape index (κ3) is 2.78. The Morgan fingerprint density at radius 1 is 1.33 bits per heavy atom. The minimum absolute atomic E-state index is 0.127. The van der Waals surface area contributed by atoms with Gasteiger partial charge in [0.25, 0.3) is 0 Å². The van der Waals surface area contributed by atoms with Crippen LogP contribution in [0.2, 0.25) is 0 Å². The molecule has 0 bridgehead atoms. The molecule has 114 valence electrons. The average molecular weight is 290 g/mol. The van der Waals surface area contributed by atoms with Crippen LogP contribution < -0.4 is 5.73 Å². The molecule has 2 rings (SSSR count). The molecule has 1 unspecified atom stereocenters. The van der Waals surface area contributed by atoms with Crippen LogP contribution in [0.3, 0.4) is 0 Å². The molecule has 1 aliphatic heterocycles. The van der Waals surface area contributed by atoms with Gasteiger partial charge in [0.15, 0.2) is 0 Å². The Bertz CT molecular complexity index is 544. The summed E-state index contributed by atoms with van der Waals surface area (Å²) in [5.74, 6) is -1.03. The van der Waals surface area contributed by atoms with Gasteiger partial charge in [0.2, 0.25) is 5.91 Å². The quantitative estimate of drug-likeness (QED) is 0.861. The number of carbonyl (C=O) groups excluding carboxylic acids is 1. The highest BCUT2D eigenvalue weighted by atomic mass is 16.4. The first-order chi connectivity index (χ1) is 10.0. The number of carboxylic acid groups (broad SMARTS) is 1. The first-order valence-corrected chi connectivity index (χ1v) is 7.36. The van der Waals surface area contributed by atoms with Crippen molar-refractivity contribution in [1.29, 1.82) is 0 Å². The molecular weight excluding hydrogens is 268 g/mol. The van der Waals surface area contributed by atoms with Gasteiger partial charge in [-0.15, -0.1) is 0 Å². The Balaban J connectivity index is 2.22. The number of rotatable bonds is 5. The van der Waals surface area contributed by atoms with Gasteiger partial charge in [0, 0.05) is 13.1 Å². The number of hydrogen-bond donors (Lipinski definition) is 2. The highest BCUT2D eigenvalue weighted by molar-refractivity contribution is 5.88. The van der Waals surface area contributed by atoms with Crippen molar-refractivity contribution in [2.45, 2.75) is 44.7 Å². The van der Waals surface area contributed by atoms with Gasteiger partial charge in [-0.05, 0) is 30.4 Å². The summed E-state index contributed by atoms with van der Waals surface area (Å²) in [4.78, 5) is 25.8. The highest BCUT2D eigenvalue weighted by Crippen LogP contribution is 2.33. The molecule has 0 radical (unpaired) electrons. The van der Waals surface area contributed by atoms with Gasteiger partial charge < -0.3 is 15.7 Å². The molecule has 5 heteroatoms. The second kappa shape index (κ2) is 6.26. The summed E-state index contributed by atoms with van der Waals surface area (Å²) in [5, 5.41) is 9.54. The van der Waals surface area contributed by atoms with Gasteiger partial charge in [0.1, 0.15) is 5.54 Å². The largest absolute Gasteiger partial charge is 0.479 e.